The highest BCUT2D eigenvalue weighted by atomic mass is 16.5. The Morgan fingerprint density at radius 1 is 1.19 bits per heavy atom. The monoisotopic (exact) mass is 290 g/mol. The van der Waals surface area contributed by atoms with E-state index in [9.17, 15) is 9.59 Å². The normalized spacial score (nSPS) is 42.4. The molecule has 114 valence electrons. The summed E-state index contributed by atoms with van der Waals surface area (Å²) in [5.41, 5.74) is 1.18. The van der Waals surface area contributed by atoms with Crippen LogP contribution in [-0.2, 0) is 14.3 Å². The number of fused-ring (bicyclic) bond motifs is 2. The van der Waals surface area contributed by atoms with Crippen LogP contribution in [0.5, 0.6) is 0 Å². The van der Waals surface area contributed by atoms with E-state index in [0.717, 1.165) is 25.0 Å². The number of carbonyl (C=O) groups is 2. The Morgan fingerprint density at radius 2 is 1.86 bits per heavy atom. The fraction of sp³-hybridized carbons (Fsp3) is 0.750. The van der Waals surface area contributed by atoms with E-state index in [4.69, 9.17) is 4.74 Å². The van der Waals surface area contributed by atoms with Gasteiger partial charge in [0.25, 0.3) is 0 Å². The number of hydrogen-bond acceptors (Lipinski definition) is 4. The van der Waals surface area contributed by atoms with E-state index in [1.807, 2.05) is 4.90 Å². The van der Waals surface area contributed by atoms with Gasteiger partial charge in [-0.2, -0.15) is 0 Å². The van der Waals surface area contributed by atoms with Crippen molar-refractivity contribution in [2.75, 3.05) is 6.61 Å². The minimum atomic E-state index is -0.281. The molecule has 3 fully saturated rings. The quantitative estimate of drug-likeness (QED) is 0.740. The number of carbonyl (C=O) groups excluding carboxylic acids is 2. The third kappa shape index (κ3) is 1.79. The summed E-state index contributed by atoms with van der Waals surface area (Å²) in [7, 11) is 0. The highest BCUT2D eigenvalue weighted by Gasteiger charge is 2.56. The maximum absolute atomic E-state index is 13.1. The number of nitrogens with one attached hydrogen (secondary N) is 1. The summed E-state index contributed by atoms with van der Waals surface area (Å²) in [4.78, 5) is 26.6. The molecule has 0 unspecified atom stereocenters. The highest BCUT2D eigenvalue weighted by molar-refractivity contribution is 5.94. The van der Waals surface area contributed by atoms with Crippen LogP contribution in [0.2, 0.25) is 0 Å². The van der Waals surface area contributed by atoms with Crippen molar-refractivity contribution < 1.29 is 14.3 Å². The van der Waals surface area contributed by atoms with Crippen molar-refractivity contribution in [3.63, 3.8) is 0 Å². The number of ether oxygens (including phenoxy) is 1. The molecule has 1 spiro atoms. The van der Waals surface area contributed by atoms with Gasteiger partial charge in [0, 0.05) is 18.1 Å². The number of amides is 1. The van der Waals surface area contributed by atoms with Crippen LogP contribution in [0.1, 0.15) is 46.0 Å². The fourth-order valence-corrected chi connectivity index (χ4v) is 4.90. The predicted octanol–water partition coefficient (Wildman–Crippen LogP) is 1.34. The van der Waals surface area contributed by atoms with E-state index in [0.29, 0.717) is 17.7 Å². The Hall–Kier alpha value is -1.36. The van der Waals surface area contributed by atoms with Gasteiger partial charge >= 0.3 is 5.97 Å². The average molecular weight is 290 g/mol. The Bertz CT molecular complexity index is 542. The van der Waals surface area contributed by atoms with Crippen molar-refractivity contribution in [1.29, 1.82) is 0 Å². The summed E-state index contributed by atoms with van der Waals surface area (Å²) in [5, 5.41) is 3.62. The molecule has 0 aromatic rings. The van der Waals surface area contributed by atoms with E-state index in [2.05, 4.69) is 12.2 Å². The summed E-state index contributed by atoms with van der Waals surface area (Å²) in [6.45, 7) is 4.11. The summed E-state index contributed by atoms with van der Waals surface area (Å²) in [6.07, 6.45) is 5.19. The number of cyclic esters (lactones) is 1. The van der Waals surface area contributed by atoms with Crippen molar-refractivity contribution in [2.45, 2.75) is 64.1 Å². The van der Waals surface area contributed by atoms with E-state index in [1.165, 1.54) is 12.8 Å². The maximum Gasteiger partial charge on any atom is 0.336 e. The van der Waals surface area contributed by atoms with Crippen LogP contribution in [0.3, 0.4) is 0 Å². The highest BCUT2D eigenvalue weighted by Crippen LogP contribution is 2.50. The zero-order valence-electron chi connectivity index (χ0n) is 12.6. The lowest BCUT2D eigenvalue weighted by molar-refractivity contribution is -0.138. The van der Waals surface area contributed by atoms with Crippen LogP contribution in [0.25, 0.3) is 0 Å². The summed E-state index contributed by atoms with van der Waals surface area (Å²) >= 11 is 0. The van der Waals surface area contributed by atoms with Gasteiger partial charge < -0.3 is 15.0 Å². The third-order valence-electron chi connectivity index (χ3n) is 5.78. The van der Waals surface area contributed by atoms with E-state index < -0.39 is 0 Å². The first-order valence-corrected chi connectivity index (χ1v) is 7.97. The predicted molar refractivity (Wildman–Crippen MR) is 76.2 cm³/mol. The maximum atomic E-state index is 13.1. The van der Waals surface area contributed by atoms with E-state index in [1.54, 1.807) is 6.92 Å². The molecular formula is C16H22N2O3. The molecule has 5 heteroatoms. The average Bonchev–Trinajstić information content (AvgIpc) is 3.02. The van der Waals surface area contributed by atoms with Crippen LogP contribution in [-0.4, -0.2) is 41.5 Å². The zero-order valence-corrected chi connectivity index (χ0v) is 12.6. The number of nitrogens with zero attached hydrogens (tertiary/aromatic N) is 1. The topological polar surface area (TPSA) is 58.6 Å². The van der Waals surface area contributed by atoms with Gasteiger partial charge in [-0.1, -0.05) is 0 Å². The lowest BCUT2D eigenvalue weighted by atomic mass is 9.73. The number of piperidine rings is 1. The van der Waals surface area contributed by atoms with Gasteiger partial charge in [0.2, 0.25) is 5.91 Å². The number of rotatable bonds is 1. The van der Waals surface area contributed by atoms with Crippen molar-refractivity contribution in [3.8, 4) is 0 Å². The smallest absolute Gasteiger partial charge is 0.336 e. The van der Waals surface area contributed by atoms with Crippen molar-refractivity contribution in [3.05, 3.63) is 11.3 Å². The lowest BCUT2D eigenvalue weighted by Crippen LogP contribution is -2.48. The van der Waals surface area contributed by atoms with Gasteiger partial charge in [-0.3, -0.25) is 4.79 Å². The lowest BCUT2D eigenvalue weighted by Gasteiger charge is -2.36. The number of esters is 1. The molecule has 4 atom stereocenters. The molecule has 0 aromatic carbocycles. The van der Waals surface area contributed by atoms with Crippen LogP contribution in [0.4, 0.5) is 0 Å². The van der Waals surface area contributed by atoms with Crippen LogP contribution in [0, 0.1) is 5.41 Å². The Balaban J connectivity index is 1.67. The van der Waals surface area contributed by atoms with Gasteiger partial charge in [0.15, 0.2) is 0 Å². The van der Waals surface area contributed by atoms with Crippen LogP contribution >= 0.6 is 0 Å². The van der Waals surface area contributed by atoms with E-state index in [-0.39, 0.29) is 29.9 Å². The number of likely N-dealkylation sites (tertiary alicyclic amines) is 1. The molecule has 4 aliphatic heterocycles. The molecule has 5 nitrogen and oxygen atoms in total. The van der Waals surface area contributed by atoms with Crippen LogP contribution in [0.15, 0.2) is 11.3 Å². The molecule has 0 radical (unpaired) electrons. The van der Waals surface area contributed by atoms with Crippen molar-refractivity contribution >= 4 is 11.9 Å². The molecule has 1 amide bonds. The van der Waals surface area contributed by atoms with Gasteiger partial charge in [-0.15, -0.1) is 0 Å². The fourth-order valence-electron chi connectivity index (χ4n) is 4.90. The SMILES string of the molecule is CC1=C(N2C(=O)[C@]3(C[C@H]4CC[C@@H](C3)N4)C[C@H]2C)COC1=O. The summed E-state index contributed by atoms with van der Waals surface area (Å²) < 4.78 is 5.10. The standard InChI is InChI=1S/C16H22N2O3/c1-9-5-16(6-11-3-4-12(7-16)17-11)15(20)18(9)13-8-21-14(19)10(13)2/h9,11-12,17H,3-8H2,1-2H3/t9-,11-,12+,16+/m1/s1. The minimum Gasteiger partial charge on any atom is -0.456 e. The molecule has 1 N–H and O–H groups in total. The second-order valence-corrected chi connectivity index (χ2v) is 7.20. The van der Waals surface area contributed by atoms with Gasteiger partial charge in [-0.25, -0.2) is 4.79 Å². The summed E-state index contributed by atoms with van der Waals surface area (Å²) in [6, 6.07) is 1.15. The van der Waals surface area contributed by atoms with E-state index >= 15 is 0 Å². The molecule has 0 aromatic heterocycles. The second kappa shape index (κ2) is 4.32. The third-order valence-corrected chi connectivity index (χ3v) is 5.78. The second-order valence-electron chi connectivity index (χ2n) is 7.20. The van der Waals surface area contributed by atoms with Gasteiger partial charge in [0.1, 0.15) is 6.61 Å². The molecular weight excluding hydrogens is 268 g/mol. The van der Waals surface area contributed by atoms with Gasteiger partial charge in [-0.05, 0) is 46.0 Å². The zero-order chi connectivity index (χ0) is 14.8. The Labute approximate surface area is 124 Å². The molecule has 0 aliphatic carbocycles. The Kier molecular flexibility index (Phi) is 2.74. The van der Waals surface area contributed by atoms with Crippen LogP contribution < -0.4 is 5.32 Å². The minimum absolute atomic E-state index is 0.162. The first kappa shape index (κ1) is 13.3. The molecule has 3 saturated heterocycles. The largest absolute Gasteiger partial charge is 0.456 e. The summed E-state index contributed by atoms with van der Waals surface area (Å²) in [5.74, 6) is -0.0580. The molecule has 4 aliphatic rings. The first-order valence-electron chi connectivity index (χ1n) is 7.97. The van der Waals surface area contributed by atoms with Gasteiger partial charge in [0.05, 0.1) is 16.7 Å². The molecule has 0 saturated carbocycles. The van der Waals surface area contributed by atoms with Crippen molar-refractivity contribution in [2.24, 2.45) is 5.41 Å². The molecule has 21 heavy (non-hydrogen) atoms. The molecule has 4 rings (SSSR count). The van der Waals surface area contributed by atoms with Crippen molar-refractivity contribution in [1.82, 2.24) is 10.2 Å². The first-order chi connectivity index (χ1) is 10.00. The number of hydrogen-bond donors (Lipinski definition) is 1. The Morgan fingerprint density at radius 3 is 2.43 bits per heavy atom. The molecule has 4 heterocycles. The molecule has 2 bridgehead atoms.